The first-order valence-electron chi connectivity index (χ1n) is 4.74. The Labute approximate surface area is 69.2 Å². The van der Waals surface area contributed by atoms with Gasteiger partial charge in [-0.05, 0) is 32.5 Å². The van der Waals surface area contributed by atoms with Gasteiger partial charge in [0.25, 0.3) is 0 Å². The van der Waals surface area contributed by atoms with E-state index in [0.29, 0.717) is 0 Å². The van der Waals surface area contributed by atoms with Crippen molar-refractivity contribution in [3.63, 3.8) is 0 Å². The molecule has 2 fully saturated rings. The number of likely N-dealkylation sites (tertiary alicyclic amines) is 2. The quantitative estimate of drug-likeness (QED) is 0.547. The van der Waals surface area contributed by atoms with Crippen LogP contribution in [-0.4, -0.2) is 49.1 Å². The summed E-state index contributed by atoms with van der Waals surface area (Å²) in [4.78, 5) is 5.10. The molecule has 0 saturated carbocycles. The SMILES string of the molecule is CCN1CCC2CN(C)CC21. The first kappa shape index (κ1) is 7.56. The molecule has 0 radical (unpaired) electrons. The highest BCUT2D eigenvalue weighted by molar-refractivity contribution is 4.94. The molecule has 11 heavy (non-hydrogen) atoms. The number of hydrogen-bond acceptors (Lipinski definition) is 2. The molecule has 2 aliphatic rings. The third-order valence-electron chi connectivity index (χ3n) is 3.25. The van der Waals surface area contributed by atoms with E-state index in [2.05, 4.69) is 23.8 Å². The summed E-state index contributed by atoms with van der Waals surface area (Å²) in [7, 11) is 2.24. The Balaban J connectivity index is 2.01. The molecule has 2 atom stereocenters. The topological polar surface area (TPSA) is 6.48 Å². The molecule has 0 N–H and O–H groups in total. The number of fused-ring (bicyclic) bond motifs is 1. The van der Waals surface area contributed by atoms with Crippen LogP contribution in [0.5, 0.6) is 0 Å². The van der Waals surface area contributed by atoms with Gasteiger partial charge >= 0.3 is 0 Å². The molecule has 2 aliphatic heterocycles. The smallest absolute Gasteiger partial charge is 0.0263 e. The Morgan fingerprint density at radius 3 is 2.91 bits per heavy atom. The number of rotatable bonds is 1. The Morgan fingerprint density at radius 2 is 2.18 bits per heavy atom. The molecule has 0 aromatic rings. The van der Waals surface area contributed by atoms with Gasteiger partial charge in [0.15, 0.2) is 0 Å². The van der Waals surface area contributed by atoms with Crippen molar-refractivity contribution in [2.45, 2.75) is 19.4 Å². The zero-order valence-electron chi connectivity index (χ0n) is 7.58. The van der Waals surface area contributed by atoms with Gasteiger partial charge in [-0.3, -0.25) is 4.90 Å². The van der Waals surface area contributed by atoms with Crippen molar-refractivity contribution in [2.24, 2.45) is 5.92 Å². The lowest BCUT2D eigenvalue weighted by Gasteiger charge is -2.21. The Morgan fingerprint density at radius 1 is 1.36 bits per heavy atom. The van der Waals surface area contributed by atoms with Gasteiger partial charge in [-0.15, -0.1) is 0 Å². The van der Waals surface area contributed by atoms with E-state index in [0.717, 1.165) is 12.0 Å². The molecule has 0 aromatic heterocycles. The van der Waals surface area contributed by atoms with E-state index in [9.17, 15) is 0 Å². The third-order valence-corrected chi connectivity index (χ3v) is 3.25. The molecule has 64 valence electrons. The van der Waals surface area contributed by atoms with Crippen molar-refractivity contribution in [1.29, 1.82) is 0 Å². The van der Waals surface area contributed by atoms with Crippen molar-refractivity contribution in [3.05, 3.63) is 0 Å². The maximum Gasteiger partial charge on any atom is 0.0263 e. The highest BCUT2D eigenvalue weighted by atomic mass is 15.3. The number of nitrogens with zero attached hydrogens (tertiary/aromatic N) is 2. The standard InChI is InChI=1S/C9H18N2/c1-3-11-5-4-8-6-10(2)7-9(8)11/h8-9H,3-7H2,1-2H3. The first-order valence-corrected chi connectivity index (χ1v) is 4.74. The fourth-order valence-corrected chi connectivity index (χ4v) is 2.65. The zero-order valence-corrected chi connectivity index (χ0v) is 7.58. The minimum absolute atomic E-state index is 0.894. The average Bonchev–Trinajstić information content (AvgIpc) is 2.45. The van der Waals surface area contributed by atoms with Crippen LogP contribution in [0.3, 0.4) is 0 Å². The minimum atomic E-state index is 0.894. The van der Waals surface area contributed by atoms with Crippen LogP contribution in [0.1, 0.15) is 13.3 Å². The van der Waals surface area contributed by atoms with Gasteiger partial charge in [-0.1, -0.05) is 6.92 Å². The van der Waals surface area contributed by atoms with Gasteiger partial charge in [0.1, 0.15) is 0 Å². The van der Waals surface area contributed by atoms with Crippen LogP contribution in [0.2, 0.25) is 0 Å². The molecule has 0 amide bonds. The molecular formula is C9H18N2. The van der Waals surface area contributed by atoms with Crippen molar-refractivity contribution < 1.29 is 0 Å². The normalized spacial score (nSPS) is 39.8. The molecule has 2 unspecified atom stereocenters. The molecular weight excluding hydrogens is 136 g/mol. The summed E-state index contributed by atoms with van der Waals surface area (Å²) in [5.74, 6) is 0.986. The summed E-state index contributed by atoms with van der Waals surface area (Å²) in [5, 5.41) is 0. The molecule has 2 nitrogen and oxygen atoms in total. The summed E-state index contributed by atoms with van der Waals surface area (Å²) in [6, 6.07) is 0.894. The lowest BCUT2D eigenvalue weighted by molar-refractivity contribution is 0.247. The molecule has 2 rings (SSSR count). The van der Waals surface area contributed by atoms with Gasteiger partial charge in [0.2, 0.25) is 0 Å². The lowest BCUT2D eigenvalue weighted by Crippen LogP contribution is -2.34. The van der Waals surface area contributed by atoms with E-state index >= 15 is 0 Å². The second-order valence-electron chi connectivity index (χ2n) is 3.97. The third kappa shape index (κ3) is 1.18. The van der Waals surface area contributed by atoms with Gasteiger partial charge in [0.05, 0.1) is 0 Å². The van der Waals surface area contributed by atoms with Crippen molar-refractivity contribution in [2.75, 3.05) is 33.2 Å². The van der Waals surface area contributed by atoms with E-state index in [1.54, 1.807) is 0 Å². The highest BCUT2D eigenvalue weighted by Crippen LogP contribution is 2.29. The number of hydrogen-bond donors (Lipinski definition) is 0. The van der Waals surface area contributed by atoms with E-state index in [1.807, 2.05) is 0 Å². The van der Waals surface area contributed by atoms with Crippen LogP contribution < -0.4 is 0 Å². The summed E-state index contributed by atoms with van der Waals surface area (Å²) in [6.07, 6.45) is 1.43. The predicted octanol–water partition coefficient (Wildman–Crippen LogP) is 0.642. The highest BCUT2D eigenvalue weighted by Gasteiger charge is 2.38. The molecule has 0 aliphatic carbocycles. The van der Waals surface area contributed by atoms with Crippen LogP contribution in [0.4, 0.5) is 0 Å². The first-order chi connectivity index (χ1) is 5.31. The zero-order chi connectivity index (χ0) is 7.84. The molecule has 2 heterocycles. The molecule has 2 heteroatoms. The molecule has 2 saturated heterocycles. The van der Waals surface area contributed by atoms with E-state index in [-0.39, 0.29) is 0 Å². The Hall–Kier alpha value is -0.0800. The maximum atomic E-state index is 2.63. The van der Waals surface area contributed by atoms with Gasteiger partial charge in [0, 0.05) is 19.1 Å². The van der Waals surface area contributed by atoms with E-state index in [4.69, 9.17) is 0 Å². The summed E-state index contributed by atoms with van der Waals surface area (Å²) in [6.45, 7) is 7.51. The Bertz CT molecular complexity index is 144. The maximum absolute atomic E-state index is 2.63. The van der Waals surface area contributed by atoms with Crippen LogP contribution >= 0.6 is 0 Å². The fraction of sp³-hybridized carbons (Fsp3) is 1.00. The van der Waals surface area contributed by atoms with Crippen molar-refractivity contribution in [1.82, 2.24) is 9.80 Å². The largest absolute Gasteiger partial charge is 0.304 e. The van der Waals surface area contributed by atoms with E-state index in [1.165, 1.54) is 32.6 Å². The second-order valence-corrected chi connectivity index (χ2v) is 3.97. The number of likely N-dealkylation sites (N-methyl/N-ethyl adjacent to an activating group) is 2. The average molecular weight is 154 g/mol. The summed E-state index contributed by atoms with van der Waals surface area (Å²) >= 11 is 0. The van der Waals surface area contributed by atoms with Crippen LogP contribution in [0.25, 0.3) is 0 Å². The van der Waals surface area contributed by atoms with Crippen LogP contribution in [0, 0.1) is 5.92 Å². The second kappa shape index (κ2) is 2.76. The summed E-state index contributed by atoms with van der Waals surface area (Å²) in [5.41, 5.74) is 0. The molecule has 0 aromatic carbocycles. The minimum Gasteiger partial charge on any atom is -0.304 e. The molecule has 0 bridgehead atoms. The Kier molecular flexibility index (Phi) is 1.90. The summed E-state index contributed by atoms with van der Waals surface area (Å²) < 4.78 is 0. The van der Waals surface area contributed by atoms with E-state index < -0.39 is 0 Å². The lowest BCUT2D eigenvalue weighted by atomic mass is 10.1. The van der Waals surface area contributed by atoms with Crippen molar-refractivity contribution in [3.8, 4) is 0 Å². The fourth-order valence-electron chi connectivity index (χ4n) is 2.65. The predicted molar refractivity (Wildman–Crippen MR) is 46.6 cm³/mol. The van der Waals surface area contributed by atoms with Gasteiger partial charge in [-0.2, -0.15) is 0 Å². The van der Waals surface area contributed by atoms with Gasteiger partial charge in [-0.25, -0.2) is 0 Å². The molecule has 0 spiro atoms. The monoisotopic (exact) mass is 154 g/mol. The van der Waals surface area contributed by atoms with Crippen LogP contribution in [-0.2, 0) is 0 Å². The van der Waals surface area contributed by atoms with Crippen molar-refractivity contribution >= 4 is 0 Å². The van der Waals surface area contributed by atoms with Crippen LogP contribution in [0.15, 0.2) is 0 Å². The van der Waals surface area contributed by atoms with Gasteiger partial charge < -0.3 is 4.90 Å².